The Morgan fingerprint density at radius 1 is 0.784 bits per heavy atom. The maximum absolute atomic E-state index is 13.6. The van der Waals surface area contributed by atoms with Crippen molar-refractivity contribution >= 4 is 11.8 Å². The number of hydrogen-bond donors (Lipinski definition) is 2. The van der Waals surface area contributed by atoms with Crippen LogP contribution in [-0.2, 0) is 0 Å². The van der Waals surface area contributed by atoms with E-state index >= 15 is 0 Å². The normalized spacial score (nSPS) is 14.9. The molecule has 0 unspecified atom stereocenters. The number of alkyl halides is 2. The van der Waals surface area contributed by atoms with Crippen molar-refractivity contribution in [1.29, 1.82) is 0 Å². The van der Waals surface area contributed by atoms with Gasteiger partial charge in [0.2, 0.25) is 0 Å². The van der Waals surface area contributed by atoms with Crippen LogP contribution in [-0.4, -0.2) is 40.7 Å². The number of piperidine rings is 1. The van der Waals surface area contributed by atoms with Gasteiger partial charge < -0.3 is 15.6 Å². The molecule has 0 bridgehead atoms. The fourth-order valence-corrected chi connectivity index (χ4v) is 4.55. The second kappa shape index (κ2) is 9.61. The van der Waals surface area contributed by atoms with Crippen LogP contribution in [0.5, 0.6) is 0 Å². The average molecular weight is 504 g/mol. The van der Waals surface area contributed by atoms with Gasteiger partial charge in [0.25, 0.3) is 17.7 Å². The molecule has 8 heteroatoms. The fourth-order valence-electron chi connectivity index (χ4n) is 4.55. The molecule has 5 nitrogen and oxygen atoms in total. The van der Waals surface area contributed by atoms with Crippen molar-refractivity contribution in [3.8, 4) is 33.5 Å². The minimum absolute atomic E-state index is 0.0340. The van der Waals surface area contributed by atoms with Gasteiger partial charge in [-0.3, -0.25) is 9.59 Å². The SMILES string of the molecule is NC(=O)c1ccc(-c2ccc(-c3ccc(C(=O)N4CCC(F)(F)CC4)cc3)cc2-c2ccc(F)cc2)[nH]1. The summed E-state index contributed by atoms with van der Waals surface area (Å²) in [6.45, 7) is 0.0680. The number of halogens is 3. The molecule has 1 fully saturated rings. The van der Waals surface area contributed by atoms with Crippen molar-refractivity contribution < 1.29 is 22.8 Å². The molecule has 0 spiro atoms. The Bertz CT molecular complexity index is 1450. The molecule has 3 aromatic carbocycles. The van der Waals surface area contributed by atoms with Crippen LogP contribution in [0.3, 0.4) is 0 Å². The summed E-state index contributed by atoms with van der Waals surface area (Å²) < 4.78 is 40.5. The lowest BCUT2D eigenvalue weighted by molar-refractivity contribution is -0.0494. The molecule has 1 saturated heterocycles. The Morgan fingerprint density at radius 3 is 2.03 bits per heavy atom. The third-order valence-corrected chi connectivity index (χ3v) is 6.66. The number of carbonyl (C=O) groups is 2. The van der Waals surface area contributed by atoms with E-state index in [-0.39, 0.29) is 43.3 Å². The summed E-state index contributed by atoms with van der Waals surface area (Å²) in [5, 5.41) is 0. The second-order valence-corrected chi connectivity index (χ2v) is 9.14. The smallest absolute Gasteiger partial charge is 0.265 e. The third kappa shape index (κ3) is 5.14. The number of rotatable bonds is 5. The van der Waals surface area contributed by atoms with Gasteiger partial charge in [0.05, 0.1) is 0 Å². The van der Waals surface area contributed by atoms with E-state index in [1.165, 1.54) is 17.0 Å². The number of likely N-dealkylation sites (tertiary alicyclic amines) is 1. The van der Waals surface area contributed by atoms with Crippen LogP contribution in [0.2, 0.25) is 0 Å². The molecule has 37 heavy (non-hydrogen) atoms. The summed E-state index contributed by atoms with van der Waals surface area (Å²) in [5.41, 5.74) is 10.9. The summed E-state index contributed by atoms with van der Waals surface area (Å²) >= 11 is 0. The summed E-state index contributed by atoms with van der Waals surface area (Å²) in [4.78, 5) is 28.9. The number of primary amides is 1. The predicted octanol–water partition coefficient (Wildman–Crippen LogP) is 6.13. The number of carbonyl (C=O) groups excluding carboxylic acids is 2. The van der Waals surface area contributed by atoms with Gasteiger partial charge in [-0.05, 0) is 64.7 Å². The Kier molecular flexibility index (Phi) is 6.33. The predicted molar refractivity (Wildman–Crippen MR) is 136 cm³/mol. The van der Waals surface area contributed by atoms with Crippen molar-refractivity contribution in [2.75, 3.05) is 13.1 Å². The molecule has 2 amide bonds. The molecule has 0 saturated carbocycles. The number of hydrogen-bond acceptors (Lipinski definition) is 2. The molecule has 2 heterocycles. The summed E-state index contributed by atoms with van der Waals surface area (Å²) in [6.07, 6.45) is -0.645. The van der Waals surface area contributed by atoms with Gasteiger partial charge >= 0.3 is 0 Å². The molecule has 1 aliphatic heterocycles. The topological polar surface area (TPSA) is 79.2 Å². The highest BCUT2D eigenvalue weighted by Gasteiger charge is 2.35. The number of nitrogens with two attached hydrogens (primary N) is 1. The summed E-state index contributed by atoms with van der Waals surface area (Å²) in [5.74, 6) is -3.90. The first-order valence-corrected chi connectivity index (χ1v) is 11.9. The minimum atomic E-state index is -2.71. The van der Waals surface area contributed by atoms with Crippen molar-refractivity contribution in [3.05, 3.63) is 95.9 Å². The number of aromatic amines is 1. The van der Waals surface area contributed by atoms with E-state index in [0.29, 0.717) is 11.3 Å². The van der Waals surface area contributed by atoms with Crippen LogP contribution in [0.4, 0.5) is 13.2 Å². The molecule has 3 N–H and O–H groups in total. The number of nitrogens with zero attached hydrogens (tertiary/aromatic N) is 1. The summed E-state index contributed by atoms with van der Waals surface area (Å²) in [7, 11) is 0. The highest BCUT2D eigenvalue weighted by Crippen LogP contribution is 2.36. The van der Waals surface area contributed by atoms with Crippen LogP contribution in [0.1, 0.15) is 33.7 Å². The van der Waals surface area contributed by atoms with Crippen molar-refractivity contribution in [1.82, 2.24) is 9.88 Å². The monoisotopic (exact) mass is 503 g/mol. The number of amides is 2. The maximum atomic E-state index is 13.6. The van der Waals surface area contributed by atoms with Gasteiger partial charge in [-0.25, -0.2) is 13.2 Å². The van der Waals surface area contributed by atoms with Crippen molar-refractivity contribution in [2.24, 2.45) is 5.73 Å². The zero-order chi connectivity index (χ0) is 26.2. The molecule has 5 rings (SSSR count). The molecular weight excluding hydrogens is 479 g/mol. The van der Waals surface area contributed by atoms with Gasteiger partial charge in [-0.2, -0.15) is 0 Å². The Morgan fingerprint density at radius 2 is 1.41 bits per heavy atom. The molecule has 4 aromatic rings. The van der Waals surface area contributed by atoms with Crippen LogP contribution in [0.15, 0.2) is 78.9 Å². The Balaban J connectivity index is 1.46. The van der Waals surface area contributed by atoms with Crippen molar-refractivity contribution in [2.45, 2.75) is 18.8 Å². The number of benzene rings is 3. The molecule has 0 radical (unpaired) electrons. The highest BCUT2D eigenvalue weighted by molar-refractivity contribution is 5.95. The van der Waals surface area contributed by atoms with E-state index in [1.807, 2.05) is 30.3 Å². The lowest BCUT2D eigenvalue weighted by atomic mass is 9.93. The fraction of sp³-hybridized carbons (Fsp3) is 0.172. The largest absolute Gasteiger partial charge is 0.364 e. The quantitative estimate of drug-likeness (QED) is 0.344. The van der Waals surface area contributed by atoms with E-state index in [1.54, 1.807) is 36.4 Å². The number of aromatic nitrogens is 1. The molecule has 0 aliphatic carbocycles. The van der Waals surface area contributed by atoms with E-state index < -0.39 is 11.8 Å². The molecule has 188 valence electrons. The van der Waals surface area contributed by atoms with Gasteiger partial charge in [0, 0.05) is 42.8 Å². The van der Waals surface area contributed by atoms with E-state index in [0.717, 1.165) is 27.8 Å². The first kappa shape index (κ1) is 24.4. The minimum Gasteiger partial charge on any atom is -0.364 e. The maximum Gasteiger partial charge on any atom is 0.265 e. The standard InChI is InChI=1S/C29H24F3N3O2/c30-22-8-5-19(6-9-22)24-17-21(7-10-23(24)25-11-12-26(34-25)27(33)36)18-1-3-20(4-2-18)28(37)35-15-13-29(31,32)14-16-35/h1-12,17,34H,13-16H2,(H2,33,36). The van der Waals surface area contributed by atoms with E-state index in [2.05, 4.69) is 4.98 Å². The third-order valence-electron chi connectivity index (χ3n) is 6.66. The molecule has 1 aliphatic rings. The zero-order valence-corrected chi connectivity index (χ0v) is 19.8. The second-order valence-electron chi connectivity index (χ2n) is 9.14. The van der Waals surface area contributed by atoms with Gasteiger partial charge in [0.1, 0.15) is 11.5 Å². The van der Waals surface area contributed by atoms with E-state index in [9.17, 15) is 22.8 Å². The van der Waals surface area contributed by atoms with Crippen LogP contribution >= 0.6 is 0 Å². The zero-order valence-electron chi connectivity index (χ0n) is 19.8. The van der Waals surface area contributed by atoms with E-state index in [4.69, 9.17) is 5.73 Å². The molecular formula is C29H24F3N3O2. The highest BCUT2D eigenvalue weighted by atomic mass is 19.3. The lowest BCUT2D eigenvalue weighted by Crippen LogP contribution is -2.42. The Hall–Kier alpha value is -4.33. The first-order valence-electron chi connectivity index (χ1n) is 11.9. The van der Waals surface area contributed by atoms with Gasteiger partial charge in [-0.1, -0.05) is 36.4 Å². The van der Waals surface area contributed by atoms with Gasteiger partial charge in [0.15, 0.2) is 0 Å². The summed E-state index contributed by atoms with van der Waals surface area (Å²) in [6, 6.07) is 22.3. The molecule has 0 atom stereocenters. The number of nitrogens with one attached hydrogen (secondary N) is 1. The van der Waals surface area contributed by atoms with Crippen LogP contribution in [0, 0.1) is 5.82 Å². The molecule has 1 aromatic heterocycles. The lowest BCUT2D eigenvalue weighted by Gasteiger charge is -2.31. The van der Waals surface area contributed by atoms with Gasteiger partial charge in [-0.15, -0.1) is 0 Å². The van der Waals surface area contributed by atoms with Crippen LogP contribution < -0.4 is 5.73 Å². The average Bonchev–Trinajstić information content (AvgIpc) is 3.39. The Labute approximate surface area is 211 Å². The first-order chi connectivity index (χ1) is 17.7. The van der Waals surface area contributed by atoms with Crippen molar-refractivity contribution in [3.63, 3.8) is 0 Å². The number of H-pyrrole nitrogens is 1. The van der Waals surface area contributed by atoms with Crippen LogP contribution in [0.25, 0.3) is 33.5 Å².